The molecule has 2 heterocycles. The molecule has 1 saturated heterocycles. The molecule has 1 fully saturated rings. The Morgan fingerprint density at radius 3 is 2.57 bits per heavy atom. The maximum atomic E-state index is 5.91. The van der Waals surface area contributed by atoms with Crippen molar-refractivity contribution in [3.05, 3.63) is 10.6 Å². The molecule has 5 heteroatoms. The Bertz CT molecular complexity index is 435. The van der Waals surface area contributed by atoms with Crippen molar-refractivity contribution in [3.8, 4) is 0 Å². The number of hydrogen-bond donors (Lipinski definition) is 1. The molecule has 21 heavy (non-hydrogen) atoms. The van der Waals surface area contributed by atoms with Crippen LogP contribution in [0.15, 0.2) is 0 Å². The lowest BCUT2D eigenvalue weighted by atomic mass is 9.97. The molecule has 0 bridgehead atoms. The molecule has 2 rings (SSSR count). The van der Waals surface area contributed by atoms with Crippen LogP contribution in [0.5, 0.6) is 0 Å². The molecular formula is C16H30N4S. The molecule has 120 valence electrons. The lowest BCUT2D eigenvalue weighted by molar-refractivity contribution is 0.285. The average molecular weight is 311 g/mol. The first-order valence-electron chi connectivity index (χ1n) is 8.14. The number of piperidine rings is 1. The van der Waals surface area contributed by atoms with E-state index in [2.05, 4.69) is 37.7 Å². The van der Waals surface area contributed by atoms with Gasteiger partial charge in [0.05, 0.1) is 5.69 Å². The second-order valence-corrected chi connectivity index (χ2v) is 7.57. The molecule has 2 N–H and O–H groups in total. The summed E-state index contributed by atoms with van der Waals surface area (Å²) in [7, 11) is 4.33. The maximum Gasteiger partial charge on any atom is 0.185 e. The maximum absolute atomic E-state index is 5.91. The number of aromatic nitrogens is 1. The first-order chi connectivity index (χ1) is 10.0. The fourth-order valence-corrected chi connectivity index (χ4v) is 4.14. The van der Waals surface area contributed by atoms with E-state index >= 15 is 0 Å². The minimum Gasteiger partial charge on any atom is -0.348 e. The van der Waals surface area contributed by atoms with Gasteiger partial charge < -0.3 is 15.5 Å². The molecule has 0 radical (unpaired) electrons. The van der Waals surface area contributed by atoms with Crippen LogP contribution < -0.4 is 10.6 Å². The highest BCUT2D eigenvalue weighted by atomic mass is 32.1. The molecule has 0 spiro atoms. The van der Waals surface area contributed by atoms with Gasteiger partial charge in [-0.05, 0) is 45.2 Å². The predicted octanol–water partition coefficient (Wildman–Crippen LogP) is 2.89. The lowest BCUT2D eigenvalue weighted by Gasteiger charge is -2.33. The Morgan fingerprint density at radius 1 is 1.38 bits per heavy atom. The van der Waals surface area contributed by atoms with Crippen LogP contribution in [-0.4, -0.2) is 43.6 Å². The minimum atomic E-state index is 0.514. The van der Waals surface area contributed by atoms with Crippen LogP contribution in [0.4, 0.5) is 5.13 Å². The van der Waals surface area contributed by atoms with Crippen LogP contribution in [0.1, 0.15) is 49.6 Å². The zero-order chi connectivity index (χ0) is 15.4. The molecule has 1 atom stereocenters. The van der Waals surface area contributed by atoms with Gasteiger partial charge in [-0.2, -0.15) is 0 Å². The third-order valence-electron chi connectivity index (χ3n) is 4.49. The summed E-state index contributed by atoms with van der Waals surface area (Å²) in [4.78, 5) is 11.0. The molecule has 1 aliphatic rings. The molecule has 1 aliphatic heterocycles. The summed E-state index contributed by atoms with van der Waals surface area (Å²) in [5.41, 5.74) is 7.14. The van der Waals surface area contributed by atoms with Gasteiger partial charge in [0.15, 0.2) is 5.13 Å². The van der Waals surface area contributed by atoms with Gasteiger partial charge in [-0.15, -0.1) is 11.3 Å². The number of anilines is 1. The Kier molecular flexibility index (Phi) is 6.02. The molecule has 0 aliphatic carbocycles. The van der Waals surface area contributed by atoms with E-state index in [-0.39, 0.29) is 0 Å². The van der Waals surface area contributed by atoms with Crippen LogP contribution in [0.3, 0.4) is 0 Å². The van der Waals surface area contributed by atoms with Gasteiger partial charge in [0.1, 0.15) is 0 Å². The highest BCUT2D eigenvalue weighted by Gasteiger charge is 2.24. The first-order valence-corrected chi connectivity index (χ1v) is 8.96. The van der Waals surface area contributed by atoms with Gasteiger partial charge in [-0.1, -0.05) is 13.8 Å². The van der Waals surface area contributed by atoms with Gasteiger partial charge in [0, 0.05) is 31.1 Å². The number of hydrogen-bond acceptors (Lipinski definition) is 5. The summed E-state index contributed by atoms with van der Waals surface area (Å²) in [6.45, 7) is 8.57. The zero-order valence-electron chi connectivity index (χ0n) is 13.9. The third kappa shape index (κ3) is 4.18. The topological polar surface area (TPSA) is 45.4 Å². The first kappa shape index (κ1) is 16.7. The molecular weight excluding hydrogens is 280 g/mol. The summed E-state index contributed by atoms with van der Waals surface area (Å²) in [6.07, 6.45) is 3.67. The highest BCUT2D eigenvalue weighted by Crippen LogP contribution is 2.33. The smallest absolute Gasteiger partial charge is 0.185 e. The standard InChI is InChI=1S/C16H30N4S/c1-5-12(2)15-14(10-17)21-16(18-15)20-8-6-13(7-9-20)11-19(3)4/h12-13H,5-11,17H2,1-4H3. The molecule has 0 amide bonds. The fourth-order valence-electron chi connectivity index (χ4n) is 3.03. The molecule has 1 unspecified atom stereocenters. The van der Waals surface area contributed by atoms with Crippen LogP contribution in [0, 0.1) is 5.92 Å². The van der Waals surface area contributed by atoms with Gasteiger partial charge in [-0.25, -0.2) is 4.98 Å². The Balaban J connectivity index is 2.02. The summed E-state index contributed by atoms with van der Waals surface area (Å²) in [6, 6.07) is 0. The van der Waals surface area contributed by atoms with Crippen molar-refractivity contribution in [2.45, 2.75) is 45.6 Å². The normalized spacial score (nSPS) is 18.5. The highest BCUT2D eigenvalue weighted by molar-refractivity contribution is 7.15. The molecule has 0 saturated carbocycles. The van der Waals surface area contributed by atoms with Crippen molar-refractivity contribution in [2.75, 3.05) is 38.6 Å². The van der Waals surface area contributed by atoms with Crippen molar-refractivity contribution in [2.24, 2.45) is 11.7 Å². The second-order valence-electron chi connectivity index (χ2n) is 6.51. The molecule has 0 aromatic carbocycles. The average Bonchev–Trinajstić information content (AvgIpc) is 2.91. The summed E-state index contributed by atoms with van der Waals surface area (Å²) < 4.78 is 0. The number of thiazole rings is 1. The number of nitrogens with zero attached hydrogens (tertiary/aromatic N) is 3. The van der Waals surface area contributed by atoms with Crippen LogP contribution >= 0.6 is 11.3 Å². The van der Waals surface area contributed by atoms with Crippen molar-refractivity contribution < 1.29 is 0 Å². The van der Waals surface area contributed by atoms with E-state index in [1.807, 2.05) is 0 Å². The van der Waals surface area contributed by atoms with Crippen LogP contribution in [0.25, 0.3) is 0 Å². The third-order valence-corrected chi connectivity index (χ3v) is 5.64. The van der Waals surface area contributed by atoms with Crippen molar-refractivity contribution in [3.63, 3.8) is 0 Å². The fraction of sp³-hybridized carbons (Fsp3) is 0.812. The van der Waals surface area contributed by atoms with E-state index in [0.29, 0.717) is 12.5 Å². The van der Waals surface area contributed by atoms with Crippen LogP contribution in [0.2, 0.25) is 0 Å². The van der Waals surface area contributed by atoms with Crippen LogP contribution in [-0.2, 0) is 6.54 Å². The summed E-state index contributed by atoms with van der Waals surface area (Å²) in [5, 5.41) is 1.19. The van der Waals surface area contributed by atoms with Gasteiger partial charge in [0.25, 0.3) is 0 Å². The van der Waals surface area contributed by atoms with Crippen molar-refractivity contribution in [1.82, 2.24) is 9.88 Å². The molecule has 4 nitrogen and oxygen atoms in total. The minimum absolute atomic E-state index is 0.514. The largest absolute Gasteiger partial charge is 0.348 e. The Labute approximate surface area is 133 Å². The van der Waals surface area contributed by atoms with E-state index in [0.717, 1.165) is 25.4 Å². The monoisotopic (exact) mass is 310 g/mol. The van der Waals surface area contributed by atoms with E-state index < -0.39 is 0 Å². The van der Waals surface area contributed by atoms with Crippen molar-refractivity contribution in [1.29, 1.82) is 0 Å². The van der Waals surface area contributed by atoms with E-state index in [1.54, 1.807) is 11.3 Å². The summed E-state index contributed by atoms with van der Waals surface area (Å²) >= 11 is 1.80. The SMILES string of the molecule is CCC(C)c1nc(N2CCC(CN(C)C)CC2)sc1CN. The zero-order valence-corrected chi connectivity index (χ0v) is 14.7. The molecule has 1 aromatic heterocycles. The quantitative estimate of drug-likeness (QED) is 0.877. The number of rotatable bonds is 6. The molecule has 1 aromatic rings. The lowest BCUT2D eigenvalue weighted by Crippen LogP contribution is -2.37. The van der Waals surface area contributed by atoms with E-state index in [4.69, 9.17) is 10.7 Å². The number of nitrogens with two attached hydrogens (primary N) is 1. The Hall–Kier alpha value is -0.650. The predicted molar refractivity (Wildman–Crippen MR) is 92.2 cm³/mol. The van der Waals surface area contributed by atoms with Gasteiger partial charge >= 0.3 is 0 Å². The van der Waals surface area contributed by atoms with E-state index in [1.165, 1.54) is 35.1 Å². The van der Waals surface area contributed by atoms with E-state index in [9.17, 15) is 0 Å². The Morgan fingerprint density at radius 2 is 2.05 bits per heavy atom. The second kappa shape index (κ2) is 7.56. The van der Waals surface area contributed by atoms with Gasteiger partial charge in [0.2, 0.25) is 0 Å². The van der Waals surface area contributed by atoms with Crippen molar-refractivity contribution >= 4 is 16.5 Å². The summed E-state index contributed by atoms with van der Waals surface area (Å²) in [5.74, 6) is 1.35. The van der Waals surface area contributed by atoms with Gasteiger partial charge in [-0.3, -0.25) is 0 Å².